The van der Waals surface area contributed by atoms with Crippen LogP contribution in [-0.4, -0.2) is 25.8 Å². The second-order valence-corrected chi connectivity index (χ2v) is 8.37. The normalized spacial score (nSPS) is 11.8. The fraction of sp³-hybridized carbons (Fsp3) is 0.160. The molecule has 4 rings (SSSR count). The van der Waals surface area contributed by atoms with Gasteiger partial charge in [0, 0.05) is 12.1 Å². The molecule has 0 spiro atoms. The van der Waals surface area contributed by atoms with Gasteiger partial charge in [0.25, 0.3) is 0 Å². The second-order valence-electron chi connectivity index (χ2n) is 7.06. The fourth-order valence-electron chi connectivity index (χ4n) is 3.14. The van der Waals surface area contributed by atoms with E-state index < -0.39 is 0 Å². The monoisotopic (exact) mass is 429 g/mol. The number of para-hydroxylation sites is 2. The molecule has 0 aliphatic rings. The van der Waals surface area contributed by atoms with E-state index in [1.807, 2.05) is 102 Å². The molecule has 0 radical (unpaired) electrons. The summed E-state index contributed by atoms with van der Waals surface area (Å²) in [5.41, 5.74) is 1.95. The first-order valence-corrected chi connectivity index (χ1v) is 11.0. The Hall–Kier alpha value is -3.38. The summed E-state index contributed by atoms with van der Waals surface area (Å²) in [5.74, 6) is 1.60. The number of aromatic nitrogens is 3. The van der Waals surface area contributed by atoms with Crippen LogP contribution >= 0.6 is 11.8 Å². The number of carbonyl (C=O) groups is 1. The highest BCUT2D eigenvalue weighted by atomic mass is 32.2. The number of hydrogen-bond acceptors (Lipinski definition) is 5. The summed E-state index contributed by atoms with van der Waals surface area (Å²) >= 11 is 1.42. The molecule has 0 aliphatic heterocycles. The summed E-state index contributed by atoms with van der Waals surface area (Å²) in [4.78, 5) is 12.8. The molecule has 1 aromatic heterocycles. The third-order valence-electron chi connectivity index (χ3n) is 4.78. The van der Waals surface area contributed by atoms with E-state index in [9.17, 15) is 4.79 Å². The third-order valence-corrected chi connectivity index (χ3v) is 5.87. The van der Waals surface area contributed by atoms with Gasteiger partial charge in [0.05, 0.1) is 5.25 Å². The Bertz CT molecular complexity index is 1120. The molecule has 0 saturated heterocycles. The van der Waals surface area contributed by atoms with Gasteiger partial charge in [-0.1, -0.05) is 78.5 Å². The molecule has 4 aromatic rings. The van der Waals surface area contributed by atoms with Crippen LogP contribution in [0.4, 0.5) is 0 Å². The molecule has 1 atom stereocenters. The number of carbonyl (C=O) groups excluding carboxylic acids is 1. The highest BCUT2D eigenvalue weighted by Gasteiger charge is 2.21. The van der Waals surface area contributed by atoms with Gasteiger partial charge in [0.1, 0.15) is 18.1 Å². The van der Waals surface area contributed by atoms with Gasteiger partial charge in [0.2, 0.25) is 0 Å². The molecule has 6 heteroatoms. The summed E-state index contributed by atoms with van der Waals surface area (Å²) in [6, 6.07) is 29.3. The van der Waals surface area contributed by atoms with Crippen molar-refractivity contribution in [3.05, 3.63) is 102 Å². The van der Waals surface area contributed by atoms with Crippen molar-refractivity contribution in [2.75, 3.05) is 0 Å². The average Bonchev–Trinajstić information content (AvgIpc) is 3.22. The Kier molecular flexibility index (Phi) is 6.79. The van der Waals surface area contributed by atoms with E-state index in [-0.39, 0.29) is 17.6 Å². The summed E-state index contributed by atoms with van der Waals surface area (Å²) < 4.78 is 7.86. The first-order chi connectivity index (χ1) is 15.2. The Morgan fingerprint density at radius 1 is 0.903 bits per heavy atom. The van der Waals surface area contributed by atoms with Crippen LogP contribution in [0, 0.1) is 0 Å². The van der Waals surface area contributed by atoms with Crippen molar-refractivity contribution >= 4 is 17.5 Å². The van der Waals surface area contributed by atoms with E-state index in [0.717, 1.165) is 17.0 Å². The lowest BCUT2D eigenvalue weighted by Gasteiger charge is -2.13. The molecule has 5 nitrogen and oxygen atoms in total. The van der Waals surface area contributed by atoms with Crippen LogP contribution in [-0.2, 0) is 17.8 Å². The maximum atomic E-state index is 12.8. The van der Waals surface area contributed by atoms with Crippen molar-refractivity contribution < 1.29 is 9.53 Å². The molecule has 3 aromatic carbocycles. The molecule has 0 N–H and O–H groups in total. The van der Waals surface area contributed by atoms with Crippen molar-refractivity contribution in [3.8, 4) is 11.4 Å². The molecule has 0 amide bonds. The van der Waals surface area contributed by atoms with Gasteiger partial charge in [-0.05, 0) is 36.8 Å². The lowest BCUT2D eigenvalue weighted by molar-refractivity contribution is -0.117. The summed E-state index contributed by atoms with van der Waals surface area (Å²) in [7, 11) is 0. The van der Waals surface area contributed by atoms with E-state index in [4.69, 9.17) is 4.74 Å². The predicted molar refractivity (Wildman–Crippen MR) is 123 cm³/mol. The number of ketones is 1. The van der Waals surface area contributed by atoms with E-state index in [2.05, 4.69) is 10.2 Å². The van der Waals surface area contributed by atoms with Crippen molar-refractivity contribution in [1.82, 2.24) is 14.8 Å². The van der Waals surface area contributed by atoms with Crippen LogP contribution in [0.15, 0.2) is 96.2 Å². The number of hydrogen-bond donors (Lipinski definition) is 0. The molecule has 0 bridgehead atoms. The van der Waals surface area contributed by atoms with E-state index in [0.29, 0.717) is 17.4 Å². The van der Waals surface area contributed by atoms with Crippen LogP contribution in [0.25, 0.3) is 5.69 Å². The average molecular weight is 430 g/mol. The van der Waals surface area contributed by atoms with Gasteiger partial charge < -0.3 is 4.74 Å². The molecule has 0 fully saturated rings. The standard InChI is InChI=1S/C25H23N3O2S/c1-19(23(29)17-20-11-5-2-6-12-20)31-25-27-26-24(18-30-22-15-9-4-10-16-22)28(25)21-13-7-3-8-14-21/h2-16,19H,17-18H2,1H3. The van der Waals surface area contributed by atoms with E-state index in [1.165, 1.54) is 11.8 Å². The minimum Gasteiger partial charge on any atom is -0.486 e. The first kappa shape index (κ1) is 20.9. The predicted octanol–water partition coefficient (Wildman–Crippen LogP) is 5.14. The summed E-state index contributed by atoms with van der Waals surface area (Å²) in [6.45, 7) is 2.19. The minimum atomic E-state index is -0.255. The van der Waals surface area contributed by atoms with E-state index >= 15 is 0 Å². The Balaban J connectivity index is 1.54. The van der Waals surface area contributed by atoms with Crippen molar-refractivity contribution in [2.24, 2.45) is 0 Å². The Morgan fingerprint density at radius 2 is 1.52 bits per heavy atom. The van der Waals surface area contributed by atoms with E-state index in [1.54, 1.807) is 0 Å². The maximum absolute atomic E-state index is 12.8. The molecule has 1 unspecified atom stereocenters. The molecule has 0 saturated carbocycles. The van der Waals surface area contributed by atoms with Gasteiger partial charge in [-0.15, -0.1) is 10.2 Å². The number of rotatable bonds is 9. The SMILES string of the molecule is CC(Sc1nnc(COc2ccccc2)n1-c1ccccc1)C(=O)Cc1ccccc1. The first-order valence-electron chi connectivity index (χ1n) is 10.1. The van der Waals surface area contributed by atoms with Crippen LogP contribution in [0.1, 0.15) is 18.3 Å². The zero-order valence-corrected chi connectivity index (χ0v) is 18.0. The molecule has 0 aliphatic carbocycles. The highest BCUT2D eigenvalue weighted by molar-refractivity contribution is 8.00. The van der Waals surface area contributed by atoms with Gasteiger partial charge in [-0.25, -0.2) is 0 Å². The number of thioether (sulfide) groups is 1. The summed E-state index contributed by atoms with van der Waals surface area (Å²) in [6.07, 6.45) is 0.401. The minimum absolute atomic E-state index is 0.154. The number of Topliss-reactive ketones (excluding diaryl/α,β-unsaturated/α-hetero) is 1. The van der Waals surface area contributed by atoms with Gasteiger partial charge in [-0.2, -0.15) is 0 Å². The van der Waals surface area contributed by atoms with Gasteiger partial charge >= 0.3 is 0 Å². The largest absolute Gasteiger partial charge is 0.486 e. The van der Waals surface area contributed by atoms with Crippen molar-refractivity contribution in [2.45, 2.75) is 30.4 Å². The fourth-order valence-corrected chi connectivity index (χ4v) is 4.07. The topological polar surface area (TPSA) is 57.0 Å². The van der Waals surface area contributed by atoms with Crippen LogP contribution < -0.4 is 4.74 Å². The number of nitrogens with zero attached hydrogens (tertiary/aromatic N) is 3. The third kappa shape index (κ3) is 5.41. The quantitative estimate of drug-likeness (QED) is 0.345. The van der Waals surface area contributed by atoms with Crippen molar-refractivity contribution in [3.63, 3.8) is 0 Å². The van der Waals surface area contributed by atoms with Gasteiger partial charge in [0.15, 0.2) is 11.0 Å². The van der Waals surface area contributed by atoms with Crippen LogP contribution in [0.3, 0.4) is 0 Å². The zero-order valence-electron chi connectivity index (χ0n) is 17.2. The lowest BCUT2D eigenvalue weighted by atomic mass is 10.1. The highest BCUT2D eigenvalue weighted by Crippen LogP contribution is 2.27. The van der Waals surface area contributed by atoms with Gasteiger partial charge in [-0.3, -0.25) is 9.36 Å². The Morgan fingerprint density at radius 3 is 2.19 bits per heavy atom. The molecule has 156 valence electrons. The lowest BCUT2D eigenvalue weighted by Crippen LogP contribution is -2.17. The Labute approximate surface area is 186 Å². The maximum Gasteiger partial charge on any atom is 0.196 e. The smallest absolute Gasteiger partial charge is 0.196 e. The zero-order chi connectivity index (χ0) is 21.5. The molecule has 31 heavy (non-hydrogen) atoms. The van der Waals surface area contributed by atoms with Crippen LogP contribution in [0.5, 0.6) is 5.75 Å². The second kappa shape index (κ2) is 10.1. The molecular formula is C25H23N3O2S. The molecular weight excluding hydrogens is 406 g/mol. The number of ether oxygens (including phenoxy) is 1. The van der Waals surface area contributed by atoms with Crippen molar-refractivity contribution in [1.29, 1.82) is 0 Å². The summed E-state index contributed by atoms with van der Waals surface area (Å²) in [5, 5.41) is 9.16. The molecule has 1 heterocycles. The van der Waals surface area contributed by atoms with Crippen LogP contribution in [0.2, 0.25) is 0 Å². The number of benzene rings is 3.